The molecule has 0 aliphatic carbocycles. The largest absolute Gasteiger partial charge is 0.383 e. The van der Waals surface area contributed by atoms with E-state index in [1.807, 2.05) is 6.92 Å². The third kappa shape index (κ3) is 4.92. The minimum absolute atomic E-state index is 0.0269. The van der Waals surface area contributed by atoms with Gasteiger partial charge in [-0.25, -0.2) is 0 Å². The van der Waals surface area contributed by atoms with Gasteiger partial charge >= 0.3 is 0 Å². The molecule has 1 fully saturated rings. The standard InChI is InChI=1S/C13H26N2O3/c1-4-12-11(5-7-18-12)9-15-10(2)13(16)14-6-8-17-3/h10-12,15H,4-9H2,1-3H3,(H,14,16). The van der Waals surface area contributed by atoms with Crippen LogP contribution >= 0.6 is 0 Å². The lowest BCUT2D eigenvalue weighted by atomic mass is 9.99. The summed E-state index contributed by atoms with van der Waals surface area (Å²) in [6.07, 6.45) is 2.48. The molecule has 2 N–H and O–H groups in total. The van der Waals surface area contributed by atoms with Crippen LogP contribution in [-0.2, 0) is 14.3 Å². The van der Waals surface area contributed by atoms with Crippen molar-refractivity contribution in [2.75, 3.05) is 33.4 Å². The summed E-state index contributed by atoms with van der Waals surface area (Å²) in [6.45, 7) is 6.83. The van der Waals surface area contributed by atoms with Crippen molar-refractivity contribution < 1.29 is 14.3 Å². The first-order valence-corrected chi connectivity index (χ1v) is 6.80. The van der Waals surface area contributed by atoms with Crippen LogP contribution in [0.15, 0.2) is 0 Å². The summed E-state index contributed by atoms with van der Waals surface area (Å²) in [5.41, 5.74) is 0. The molecule has 3 unspecified atom stereocenters. The maximum absolute atomic E-state index is 11.7. The number of ether oxygens (including phenoxy) is 2. The first-order valence-electron chi connectivity index (χ1n) is 6.80. The van der Waals surface area contributed by atoms with Crippen molar-refractivity contribution in [1.82, 2.24) is 10.6 Å². The number of carbonyl (C=O) groups is 1. The van der Waals surface area contributed by atoms with Gasteiger partial charge in [0.15, 0.2) is 0 Å². The zero-order valence-electron chi connectivity index (χ0n) is 11.7. The number of amides is 1. The first-order chi connectivity index (χ1) is 8.69. The van der Waals surface area contributed by atoms with Crippen LogP contribution < -0.4 is 10.6 Å². The van der Waals surface area contributed by atoms with Gasteiger partial charge < -0.3 is 20.1 Å². The summed E-state index contributed by atoms with van der Waals surface area (Å²) in [6, 6.07) is -0.167. The van der Waals surface area contributed by atoms with Crippen LogP contribution in [0.25, 0.3) is 0 Å². The van der Waals surface area contributed by atoms with E-state index in [0.717, 1.165) is 26.0 Å². The van der Waals surface area contributed by atoms with Crippen molar-refractivity contribution in [2.45, 2.75) is 38.8 Å². The van der Waals surface area contributed by atoms with Crippen LogP contribution in [0.5, 0.6) is 0 Å². The fourth-order valence-electron chi connectivity index (χ4n) is 2.23. The second kappa shape index (κ2) is 8.45. The molecule has 1 amide bonds. The predicted molar refractivity (Wildman–Crippen MR) is 70.5 cm³/mol. The van der Waals surface area contributed by atoms with Gasteiger partial charge in [-0.3, -0.25) is 4.79 Å². The van der Waals surface area contributed by atoms with Crippen LogP contribution in [0.4, 0.5) is 0 Å². The topological polar surface area (TPSA) is 59.6 Å². The number of carbonyl (C=O) groups excluding carboxylic acids is 1. The van der Waals surface area contributed by atoms with Gasteiger partial charge in [0.05, 0.1) is 18.8 Å². The molecule has 1 saturated heterocycles. The Bertz CT molecular complexity index is 248. The van der Waals surface area contributed by atoms with Crippen molar-refractivity contribution in [3.8, 4) is 0 Å². The summed E-state index contributed by atoms with van der Waals surface area (Å²) in [4.78, 5) is 11.7. The van der Waals surface area contributed by atoms with Crippen LogP contribution in [0.2, 0.25) is 0 Å². The van der Waals surface area contributed by atoms with Gasteiger partial charge in [-0.1, -0.05) is 6.92 Å². The minimum Gasteiger partial charge on any atom is -0.383 e. The molecule has 1 heterocycles. The highest BCUT2D eigenvalue weighted by Crippen LogP contribution is 2.22. The molecule has 1 aliphatic rings. The molecule has 0 spiro atoms. The fourth-order valence-corrected chi connectivity index (χ4v) is 2.23. The molecule has 1 aliphatic heterocycles. The lowest BCUT2D eigenvalue weighted by Gasteiger charge is -2.20. The van der Waals surface area contributed by atoms with E-state index in [0.29, 0.717) is 25.2 Å². The third-order valence-corrected chi connectivity index (χ3v) is 3.43. The Balaban J connectivity index is 2.19. The SMILES string of the molecule is CCC1OCCC1CNC(C)C(=O)NCCOC. The summed E-state index contributed by atoms with van der Waals surface area (Å²) < 4.78 is 10.5. The van der Waals surface area contributed by atoms with E-state index in [-0.39, 0.29) is 11.9 Å². The Kier molecular flexibility index (Phi) is 7.23. The number of hydrogen-bond donors (Lipinski definition) is 2. The molecule has 18 heavy (non-hydrogen) atoms. The highest BCUT2D eigenvalue weighted by Gasteiger charge is 2.27. The number of nitrogens with one attached hydrogen (secondary N) is 2. The van der Waals surface area contributed by atoms with Gasteiger partial charge in [0.2, 0.25) is 5.91 Å². The first kappa shape index (κ1) is 15.4. The Labute approximate surface area is 110 Å². The second-order valence-electron chi connectivity index (χ2n) is 4.78. The Hall–Kier alpha value is -0.650. The minimum atomic E-state index is -0.167. The smallest absolute Gasteiger partial charge is 0.236 e. The van der Waals surface area contributed by atoms with Crippen molar-refractivity contribution in [2.24, 2.45) is 5.92 Å². The third-order valence-electron chi connectivity index (χ3n) is 3.43. The van der Waals surface area contributed by atoms with E-state index >= 15 is 0 Å². The van der Waals surface area contributed by atoms with Crippen molar-refractivity contribution in [3.63, 3.8) is 0 Å². The van der Waals surface area contributed by atoms with E-state index in [4.69, 9.17) is 9.47 Å². The van der Waals surface area contributed by atoms with E-state index < -0.39 is 0 Å². The average molecular weight is 258 g/mol. The zero-order chi connectivity index (χ0) is 13.4. The molecule has 0 aromatic carbocycles. The van der Waals surface area contributed by atoms with Crippen LogP contribution in [0.3, 0.4) is 0 Å². The summed E-state index contributed by atoms with van der Waals surface area (Å²) >= 11 is 0. The Morgan fingerprint density at radius 3 is 3.00 bits per heavy atom. The van der Waals surface area contributed by atoms with Crippen molar-refractivity contribution in [3.05, 3.63) is 0 Å². The molecule has 0 aromatic rings. The summed E-state index contributed by atoms with van der Waals surface area (Å²) in [5, 5.41) is 6.11. The van der Waals surface area contributed by atoms with Crippen molar-refractivity contribution >= 4 is 5.91 Å². The van der Waals surface area contributed by atoms with Crippen LogP contribution in [0.1, 0.15) is 26.7 Å². The molecule has 106 valence electrons. The highest BCUT2D eigenvalue weighted by atomic mass is 16.5. The van der Waals surface area contributed by atoms with Gasteiger partial charge in [-0.15, -0.1) is 0 Å². The Morgan fingerprint density at radius 2 is 2.33 bits per heavy atom. The van der Waals surface area contributed by atoms with Gasteiger partial charge in [0.25, 0.3) is 0 Å². The van der Waals surface area contributed by atoms with E-state index in [1.165, 1.54) is 0 Å². The van der Waals surface area contributed by atoms with Gasteiger partial charge in [-0.2, -0.15) is 0 Å². The number of rotatable bonds is 8. The fraction of sp³-hybridized carbons (Fsp3) is 0.923. The van der Waals surface area contributed by atoms with Crippen LogP contribution in [0, 0.1) is 5.92 Å². The normalized spacial score (nSPS) is 25.1. The molecule has 3 atom stereocenters. The van der Waals surface area contributed by atoms with E-state index in [9.17, 15) is 4.79 Å². The maximum atomic E-state index is 11.7. The number of methoxy groups -OCH3 is 1. The van der Waals surface area contributed by atoms with Crippen molar-refractivity contribution in [1.29, 1.82) is 0 Å². The highest BCUT2D eigenvalue weighted by molar-refractivity contribution is 5.81. The van der Waals surface area contributed by atoms with Gasteiger partial charge in [0, 0.05) is 26.8 Å². The van der Waals surface area contributed by atoms with Gasteiger partial charge in [-0.05, 0) is 25.7 Å². The molecule has 0 radical (unpaired) electrons. The summed E-state index contributed by atoms with van der Waals surface area (Å²) in [7, 11) is 1.62. The molecule has 5 nitrogen and oxygen atoms in total. The molecular formula is C13H26N2O3. The van der Waals surface area contributed by atoms with Gasteiger partial charge in [0.1, 0.15) is 0 Å². The van der Waals surface area contributed by atoms with E-state index in [2.05, 4.69) is 17.6 Å². The Morgan fingerprint density at radius 1 is 1.56 bits per heavy atom. The molecule has 0 saturated carbocycles. The zero-order valence-corrected chi connectivity index (χ0v) is 11.7. The quantitative estimate of drug-likeness (QED) is 0.624. The lowest BCUT2D eigenvalue weighted by molar-refractivity contribution is -0.123. The molecule has 0 bridgehead atoms. The molecular weight excluding hydrogens is 232 g/mol. The van der Waals surface area contributed by atoms with E-state index in [1.54, 1.807) is 7.11 Å². The monoisotopic (exact) mass is 258 g/mol. The second-order valence-corrected chi connectivity index (χ2v) is 4.78. The maximum Gasteiger partial charge on any atom is 0.236 e. The summed E-state index contributed by atoms with van der Waals surface area (Å²) in [5.74, 6) is 0.559. The molecule has 5 heteroatoms. The average Bonchev–Trinajstić information content (AvgIpc) is 2.83. The number of hydrogen-bond acceptors (Lipinski definition) is 4. The molecule has 1 rings (SSSR count). The molecule has 0 aromatic heterocycles. The predicted octanol–water partition coefficient (Wildman–Crippen LogP) is 0.542. The lowest BCUT2D eigenvalue weighted by Crippen LogP contribution is -2.45. The van der Waals surface area contributed by atoms with Crippen LogP contribution in [-0.4, -0.2) is 51.5 Å².